The van der Waals surface area contributed by atoms with E-state index >= 15 is 0 Å². The normalized spacial score (nSPS) is 25.5. The minimum absolute atomic E-state index is 0.114. The quantitative estimate of drug-likeness (QED) is 0.917. The van der Waals surface area contributed by atoms with Crippen LogP contribution in [0.5, 0.6) is 5.75 Å². The molecule has 4 heteroatoms. The highest BCUT2D eigenvalue weighted by molar-refractivity contribution is 6.32. The first-order chi connectivity index (χ1) is 10.2. The van der Waals surface area contributed by atoms with Crippen molar-refractivity contribution in [2.45, 2.75) is 56.6 Å². The molecule has 0 radical (unpaired) electrons. The van der Waals surface area contributed by atoms with Gasteiger partial charge in [-0.2, -0.15) is 0 Å². The summed E-state index contributed by atoms with van der Waals surface area (Å²) in [4.78, 5) is 0. The predicted molar refractivity (Wildman–Crippen MR) is 84.9 cm³/mol. The van der Waals surface area contributed by atoms with Gasteiger partial charge < -0.3 is 15.2 Å². The molecule has 1 aliphatic carbocycles. The molecule has 3 rings (SSSR count). The van der Waals surface area contributed by atoms with Gasteiger partial charge in [0, 0.05) is 12.1 Å². The van der Waals surface area contributed by atoms with Gasteiger partial charge in [-0.25, -0.2) is 0 Å². The van der Waals surface area contributed by atoms with E-state index in [0.29, 0.717) is 11.6 Å². The second kappa shape index (κ2) is 6.55. The van der Waals surface area contributed by atoms with Gasteiger partial charge in [0.05, 0.1) is 11.6 Å². The molecule has 1 aromatic carbocycles. The molecule has 116 valence electrons. The Balaban J connectivity index is 1.72. The summed E-state index contributed by atoms with van der Waals surface area (Å²) in [7, 11) is 0. The van der Waals surface area contributed by atoms with Crippen molar-refractivity contribution < 1.29 is 9.47 Å². The van der Waals surface area contributed by atoms with Gasteiger partial charge in [0.1, 0.15) is 11.9 Å². The van der Waals surface area contributed by atoms with Gasteiger partial charge in [-0.05, 0) is 43.4 Å². The Labute approximate surface area is 131 Å². The van der Waals surface area contributed by atoms with Gasteiger partial charge in [0.15, 0.2) is 0 Å². The summed E-state index contributed by atoms with van der Waals surface area (Å²) in [6.07, 6.45) is 7.96. The predicted octanol–water partition coefficient (Wildman–Crippen LogP) is 4.02. The maximum Gasteiger partial charge on any atom is 0.138 e. The number of halogens is 1. The first-order valence-corrected chi connectivity index (χ1v) is 8.38. The van der Waals surface area contributed by atoms with Gasteiger partial charge in [-0.15, -0.1) is 0 Å². The van der Waals surface area contributed by atoms with E-state index in [4.69, 9.17) is 26.8 Å². The first-order valence-electron chi connectivity index (χ1n) is 8.01. The van der Waals surface area contributed by atoms with E-state index in [1.807, 2.05) is 12.1 Å². The lowest BCUT2D eigenvalue weighted by atomic mass is 9.77. The molecule has 0 bridgehead atoms. The summed E-state index contributed by atoms with van der Waals surface area (Å²) in [6, 6.07) is 6.04. The van der Waals surface area contributed by atoms with Gasteiger partial charge in [0.2, 0.25) is 0 Å². The minimum atomic E-state index is -0.214. The molecule has 1 saturated carbocycles. The molecule has 1 aliphatic heterocycles. The molecule has 1 aromatic rings. The lowest BCUT2D eigenvalue weighted by molar-refractivity contribution is 0.00745. The summed E-state index contributed by atoms with van der Waals surface area (Å²) in [5.41, 5.74) is 7.49. The SMILES string of the molecule is NC1(c2ccc(OC3CCCOC3)c(Cl)c2)CCCCC1. The average Bonchev–Trinajstić information content (AvgIpc) is 2.51. The van der Waals surface area contributed by atoms with Gasteiger partial charge in [-0.1, -0.05) is 36.9 Å². The van der Waals surface area contributed by atoms with Crippen molar-refractivity contribution in [2.24, 2.45) is 5.73 Å². The van der Waals surface area contributed by atoms with Crippen molar-refractivity contribution in [2.75, 3.05) is 13.2 Å². The van der Waals surface area contributed by atoms with Crippen molar-refractivity contribution in [3.8, 4) is 5.75 Å². The van der Waals surface area contributed by atoms with Crippen molar-refractivity contribution in [1.29, 1.82) is 0 Å². The molecule has 1 atom stereocenters. The molecular formula is C17H24ClNO2. The van der Waals surface area contributed by atoms with Crippen molar-refractivity contribution >= 4 is 11.6 Å². The molecule has 2 aliphatic rings. The summed E-state index contributed by atoms with van der Waals surface area (Å²) in [5, 5.41) is 0.661. The zero-order chi connectivity index (χ0) is 14.7. The molecule has 1 unspecified atom stereocenters. The zero-order valence-corrected chi connectivity index (χ0v) is 13.2. The average molecular weight is 310 g/mol. The topological polar surface area (TPSA) is 44.5 Å². The molecule has 1 saturated heterocycles. The van der Waals surface area contributed by atoms with Crippen LogP contribution in [0.4, 0.5) is 0 Å². The molecule has 0 spiro atoms. The van der Waals surface area contributed by atoms with E-state index in [2.05, 4.69) is 6.07 Å². The summed E-state index contributed by atoms with van der Waals surface area (Å²) in [5.74, 6) is 0.746. The summed E-state index contributed by atoms with van der Waals surface area (Å²) >= 11 is 6.41. The van der Waals surface area contributed by atoms with E-state index in [1.54, 1.807) is 0 Å². The van der Waals surface area contributed by atoms with Crippen LogP contribution in [-0.4, -0.2) is 19.3 Å². The van der Waals surface area contributed by atoms with E-state index in [-0.39, 0.29) is 11.6 Å². The number of nitrogens with two attached hydrogens (primary N) is 1. The molecular weight excluding hydrogens is 286 g/mol. The van der Waals surface area contributed by atoms with Crippen LogP contribution in [0.25, 0.3) is 0 Å². The Morgan fingerprint density at radius 1 is 1.19 bits per heavy atom. The maximum absolute atomic E-state index is 6.56. The molecule has 2 N–H and O–H groups in total. The Bertz CT molecular complexity index is 480. The minimum Gasteiger partial charge on any atom is -0.486 e. The third kappa shape index (κ3) is 3.53. The van der Waals surface area contributed by atoms with E-state index in [1.165, 1.54) is 19.3 Å². The number of hydrogen-bond donors (Lipinski definition) is 1. The number of benzene rings is 1. The second-order valence-electron chi connectivity index (χ2n) is 6.32. The van der Waals surface area contributed by atoms with E-state index in [0.717, 1.165) is 43.6 Å². The molecule has 0 aromatic heterocycles. The highest BCUT2D eigenvalue weighted by Gasteiger charge is 2.30. The lowest BCUT2D eigenvalue weighted by Gasteiger charge is -2.34. The van der Waals surface area contributed by atoms with Crippen molar-refractivity contribution in [3.63, 3.8) is 0 Å². The van der Waals surface area contributed by atoms with Gasteiger partial charge >= 0.3 is 0 Å². The van der Waals surface area contributed by atoms with Crippen molar-refractivity contribution in [3.05, 3.63) is 28.8 Å². The van der Waals surface area contributed by atoms with E-state index in [9.17, 15) is 0 Å². The molecule has 1 heterocycles. The molecule has 3 nitrogen and oxygen atoms in total. The van der Waals surface area contributed by atoms with Crippen molar-refractivity contribution in [1.82, 2.24) is 0 Å². The van der Waals surface area contributed by atoms with Crippen LogP contribution >= 0.6 is 11.6 Å². The molecule has 2 fully saturated rings. The fourth-order valence-electron chi connectivity index (χ4n) is 3.36. The third-order valence-corrected chi connectivity index (χ3v) is 4.96. The first kappa shape index (κ1) is 15.1. The largest absolute Gasteiger partial charge is 0.486 e. The third-order valence-electron chi connectivity index (χ3n) is 4.66. The maximum atomic E-state index is 6.56. The smallest absolute Gasteiger partial charge is 0.138 e. The van der Waals surface area contributed by atoms with E-state index < -0.39 is 0 Å². The number of ether oxygens (including phenoxy) is 2. The fourth-order valence-corrected chi connectivity index (χ4v) is 3.59. The fraction of sp³-hybridized carbons (Fsp3) is 0.647. The highest BCUT2D eigenvalue weighted by Crippen LogP contribution is 2.38. The van der Waals surface area contributed by atoms with Crippen LogP contribution in [0, 0.1) is 0 Å². The van der Waals surface area contributed by atoms with Crippen LogP contribution in [0.15, 0.2) is 18.2 Å². The standard InChI is InChI=1S/C17H24ClNO2/c18-15-11-13(17(19)8-2-1-3-9-17)6-7-16(15)21-14-5-4-10-20-12-14/h6-7,11,14H,1-5,8-10,12,19H2. The van der Waals surface area contributed by atoms with Crippen LogP contribution in [0.3, 0.4) is 0 Å². The monoisotopic (exact) mass is 309 g/mol. The Morgan fingerprint density at radius 2 is 2.00 bits per heavy atom. The Kier molecular flexibility index (Phi) is 4.72. The second-order valence-corrected chi connectivity index (χ2v) is 6.73. The zero-order valence-electron chi connectivity index (χ0n) is 12.4. The Morgan fingerprint density at radius 3 is 2.67 bits per heavy atom. The van der Waals surface area contributed by atoms with Crippen LogP contribution in [0.1, 0.15) is 50.5 Å². The summed E-state index contributed by atoms with van der Waals surface area (Å²) < 4.78 is 11.4. The molecule has 21 heavy (non-hydrogen) atoms. The number of rotatable bonds is 3. The van der Waals surface area contributed by atoms with Crippen LogP contribution < -0.4 is 10.5 Å². The highest BCUT2D eigenvalue weighted by atomic mass is 35.5. The van der Waals surface area contributed by atoms with Gasteiger partial charge in [0.25, 0.3) is 0 Å². The number of hydrogen-bond acceptors (Lipinski definition) is 3. The molecule has 0 amide bonds. The van der Waals surface area contributed by atoms with Gasteiger partial charge in [-0.3, -0.25) is 0 Å². The summed E-state index contributed by atoms with van der Waals surface area (Å²) in [6.45, 7) is 1.49. The lowest BCUT2D eigenvalue weighted by Crippen LogP contribution is -2.38. The Hall–Kier alpha value is -0.770. The van der Waals surface area contributed by atoms with Crippen LogP contribution in [0.2, 0.25) is 5.02 Å². The van der Waals surface area contributed by atoms with Crippen LogP contribution in [-0.2, 0) is 10.3 Å².